The fraction of sp³-hybridized carbons (Fsp3) is 0.105. The number of carbonyl (C=O) groups excluding carboxylic acids is 2. The molecule has 1 N–H and O–H groups in total. The minimum Gasteiger partial charge on any atom is -0.452 e. The Hall–Kier alpha value is -4.00. The number of benzene rings is 1. The minimum atomic E-state index is -1.75. The van der Waals surface area contributed by atoms with Crippen LogP contribution in [0.15, 0.2) is 41.1 Å². The van der Waals surface area contributed by atoms with Crippen LogP contribution >= 0.6 is 0 Å². The van der Waals surface area contributed by atoms with Gasteiger partial charge in [0, 0.05) is 12.4 Å². The molecule has 0 saturated heterocycles. The monoisotopic (exact) mass is 403 g/mol. The first kappa shape index (κ1) is 19.8. The van der Waals surface area contributed by atoms with Gasteiger partial charge in [-0.2, -0.15) is 5.26 Å². The molecule has 1 aromatic carbocycles. The zero-order valence-electron chi connectivity index (χ0n) is 14.8. The quantitative estimate of drug-likeness (QED) is 0.520. The molecule has 0 aliphatic rings. The summed E-state index contributed by atoms with van der Waals surface area (Å²) in [6.45, 7) is 0.590. The maximum Gasteiger partial charge on any atom is 0.343 e. The molecule has 0 radical (unpaired) electrons. The summed E-state index contributed by atoms with van der Waals surface area (Å²) in [4.78, 5) is 24.2. The van der Waals surface area contributed by atoms with Crippen LogP contribution in [0.2, 0.25) is 0 Å². The van der Waals surface area contributed by atoms with E-state index in [1.165, 1.54) is 11.5 Å². The summed E-state index contributed by atoms with van der Waals surface area (Å²) in [5.41, 5.74) is -0.865. The van der Waals surface area contributed by atoms with E-state index in [1.807, 2.05) is 11.4 Å². The van der Waals surface area contributed by atoms with Gasteiger partial charge in [0.05, 0.1) is 5.69 Å². The Morgan fingerprint density at radius 3 is 2.55 bits per heavy atom. The first-order valence-electron chi connectivity index (χ1n) is 8.10. The van der Waals surface area contributed by atoms with Crippen LogP contribution in [0.5, 0.6) is 0 Å². The third kappa shape index (κ3) is 3.84. The number of halogens is 3. The molecule has 3 rings (SSSR count). The Bertz CT molecular complexity index is 1130. The third-order valence-corrected chi connectivity index (χ3v) is 3.86. The van der Waals surface area contributed by atoms with Crippen LogP contribution in [0.1, 0.15) is 21.7 Å². The molecule has 0 aliphatic heterocycles. The second-order valence-corrected chi connectivity index (χ2v) is 5.76. The minimum absolute atomic E-state index is 0.0873. The number of aryl methyl sites for hydroxylation is 1. The number of aromatic nitrogens is 1. The molecule has 0 bridgehead atoms. The van der Waals surface area contributed by atoms with Gasteiger partial charge in [-0.25, -0.2) is 18.0 Å². The molecule has 10 heteroatoms. The van der Waals surface area contributed by atoms with Gasteiger partial charge in [-0.3, -0.25) is 9.36 Å². The van der Waals surface area contributed by atoms with Crippen molar-refractivity contribution in [3.05, 3.63) is 71.0 Å². The van der Waals surface area contributed by atoms with Crippen LogP contribution in [0.25, 0.3) is 5.88 Å². The SMILES string of the molecule is Cc1oc(-n2cccc2)c(C#N)c1C(=O)OCC(=O)Nc1ccc(F)c(F)c1F. The molecule has 0 spiro atoms. The van der Waals surface area contributed by atoms with Crippen molar-refractivity contribution in [1.29, 1.82) is 5.26 Å². The predicted molar refractivity (Wildman–Crippen MR) is 92.7 cm³/mol. The zero-order valence-corrected chi connectivity index (χ0v) is 14.8. The summed E-state index contributed by atoms with van der Waals surface area (Å²) in [5.74, 6) is -6.54. The lowest BCUT2D eigenvalue weighted by Crippen LogP contribution is -2.22. The number of anilines is 1. The van der Waals surface area contributed by atoms with E-state index >= 15 is 0 Å². The number of hydrogen-bond acceptors (Lipinski definition) is 5. The molecule has 0 aliphatic carbocycles. The van der Waals surface area contributed by atoms with Crippen molar-refractivity contribution >= 4 is 17.6 Å². The highest BCUT2D eigenvalue weighted by Crippen LogP contribution is 2.26. The Morgan fingerprint density at radius 1 is 1.21 bits per heavy atom. The van der Waals surface area contributed by atoms with E-state index in [0.717, 1.165) is 6.07 Å². The van der Waals surface area contributed by atoms with Crippen molar-refractivity contribution in [3.8, 4) is 12.0 Å². The molecule has 2 heterocycles. The summed E-state index contributed by atoms with van der Waals surface area (Å²) >= 11 is 0. The van der Waals surface area contributed by atoms with E-state index in [2.05, 4.69) is 0 Å². The smallest absolute Gasteiger partial charge is 0.343 e. The Morgan fingerprint density at radius 2 is 1.90 bits per heavy atom. The van der Waals surface area contributed by atoms with E-state index in [1.54, 1.807) is 24.5 Å². The summed E-state index contributed by atoms with van der Waals surface area (Å²) in [6, 6.07) is 6.70. The molecule has 0 atom stereocenters. The number of nitrogens with one attached hydrogen (secondary N) is 1. The zero-order chi connectivity index (χ0) is 21.1. The highest BCUT2D eigenvalue weighted by Gasteiger charge is 2.26. The highest BCUT2D eigenvalue weighted by atomic mass is 19.2. The summed E-state index contributed by atoms with van der Waals surface area (Å²) in [7, 11) is 0. The Balaban J connectivity index is 1.72. The van der Waals surface area contributed by atoms with Crippen LogP contribution in [-0.2, 0) is 9.53 Å². The van der Waals surface area contributed by atoms with Crippen molar-refractivity contribution in [2.45, 2.75) is 6.92 Å². The summed E-state index contributed by atoms with van der Waals surface area (Å²) in [6.07, 6.45) is 3.22. The number of furan rings is 1. The molecular weight excluding hydrogens is 391 g/mol. The highest BCUT2D eigenvalue weighted by molar-refractivity contribution is 5.97. The topological polar surface area (TPSA) is 97.3 Å². The molecule has 7 nitrogen and oxygen atoms in total. The molecule has 2 aromatic heterocycles. The predicted octanol–water partition coefficient (Wildman–Crippen LogP) is 3.46. The molecule has 1 amide bonds. The largest absolute Gasteiger partial charge is 0.452 e. The lowest BCUT2D eigenvalue weighted by molar-refractivity contribution is -0.119. The number of hydrogen-bond donors (Lipinski definition) is 1. The molecule has 3 aromatic rings. The van der Waals surface area contributed by atoms with Gasteiger partial charge in [0.15, 0.2) is 24.1 Å². The standard InChI is InChI=1S/C19H12F3N3O4/c1-10-15(11(8-23)18(29-10)25-6-2-3-7-25)19(27)28-9-14(26)24-13-5-4-12(20)16(21)17(13)22/h2-7H,9H2,1H3,(H,24,26). The average Bonchev–Trinajstić information content (AvgIpc) is 3.34. The second kappa shape index (κ2) is 7.93. The van der Waals surface area contributed by atoms with Gasteiger partial charge in [0.25, 0.3) is 5.91 Å². The third-order valence-electron chi connectivity index (χ3n) is 3.86. The van der Waals surface area contributed by atoms with Gasteiger partial charge in [-0.05, 0) is 31.2 Å². The van der Waals surface area contributed by atoms with Gasteiger partial charge in [0.2, 0.25) is 5.88 Å². The number of nitrogens with zero attached hydrogens (tertiary/aromatic N) is 2. The van der Waals surface area contributed by atoms with Crippen LogP contribution < -0.4 is 5.32 Å². The fourth-order valence-corrected chi connectivity index (χ4v) is 2.54. The molecule has 0 unspecified atom stereocenters. The van der Waals surface area contributed by atoms with Crippen LogP contribution in [0, 0.1) is 35.7 Å². The van der Waals surface area contributed by atoms with Crippen molar-refractivity contribution in [3.63, 3.8) is 0 Å². The number of amides is 1. The van der Waals surface area contributed by atoms with Crippen LogP contribution in [0.3, 0.4) is 0 Å². The number of esters is 1. The van der Waals surface area contributed by atoms with E-state index < -0.39 is 41.6 Å². The maximum atomic E-state index is 13.6. The van der Waals surface area contributed by atoms with E-state index in [-0.39, 0.29) is 22.8 Å². The molecule has 148 valence electrons. The lowest BCUT2D eigenvalue weighted by atomic mass is 10.1. The second-order valence-electron chi connectivity index (χ2n) is 5.76. The number of carbonyl (C=O) groups is 2. The van der Waals surface area contributed by atoms with Crippen molar-refractivity contribution in [2.24, 2.45) is 0 Å². The van der Waals surface area contributed by atoms with Gasteiger partial charge in [0.1, 0.15) is 23.0 Å². The number of rotatable bonds is 5. The maximum absolute atomic E-state index is 13.6. The van der Waals surface area contributed by atoms with Gasteiger partial charge in [-0.15, -0.1) is 0 Å². The molecule has 0 saturated carbocycles. The van der Waals surface area contributed by atoms with Crippen LogP contribution in [-0.4, -0.2) is 23.1 Å². The van der Waals surface area contributed by atoms with Crippen molar-refractivity contribution in [2.75, 3.05) is 11.9 Å². The first-order valence-corrected chi connectivity index (χ1v) is 8.10. The van der Waals surface area contributed by atoms with Gasteiger partial charge >= 0.3 is 5.97 Å². The normalized spacial score (nSPS) is 10.4. The van der Waals surface area contributed by atoms with Gasteiger partial charge in [-0.1, -0.05) is 0 Å². The van der Waals surface area contributed by atoms with E-state index in [0.29, 0.717) is 6.07 Å². The van der Waals surface area contributed by atoms with Gasteiger partial charge < -0.3 is 14.5 Å². The summed E-state index contributed by atoms with van der Waals surface area (Å²) in [5, 5.41) is 11.4. The molecular formula is C19H12F3N3O4. The number of ether oxygens (including phenoxy) is 1. The summed E-state index contributed by atoms with van der Waals surface area (Å²) < 4.78 is 51.5. The molecule has 0 fully saturated rings. The molecule has 29 heavy (non-hydrogen) atoms. The average molecular weight is 403 g/mol. The number of nitriles is 1. The van der Waals surface area contributed by atoms with Crippen molar-refractivity contribution < 1.29 is 31.9 Å². The Labute approximate surface area is 161 Å². The lowest BCUT2D eigenvalue weighted by Gasteiger charge is -2.08. The van der Waals surface area contributed by atoms with E-state index in [9.17, 15) is 28.0 Å². The van der Waals surface area contributed by atoms with Crippen molar-refractivity contribution in [1.82, 2.24) is 4.57 Å². The first-order chi connectivity index (χ1) is 13.8. The Kier molecular flexibility index (Phi) is 5.40. The fourth-order valence-electron chi connectivity index (χ4n) is 2.54. The van der Waals surface area contributed by atoms with Crippen LogP contribution in [0.4, 0.5) is 18.9 Å². The van der Waals surface area contributed by atoms with E-state index in [4.69, 9.17) is 9.15 Å².